The number of hydrogen-bond donors (Lipinski definition) is 0. The van der Waals surface area contributed by atoms with Gasteiger partial charge in [0.25, 0.3) is 5.69 Å². The van der Waals surface area contributed by atoms with Crippen LogP contribution in [0.3, 0.4) is 0 Å². The maximum atomic E-state index is 10.4. The average molecular weight is 178 g/mol. The molecule has 0 aliphatic carbocycles. The molecular formula is C10H12NO2. The van der Waals surface area contributed by atoms with Gasteiger partial charge >= 0.3 is 0 Å². The molecular weight excluding hydrogens is 166 g/mol. The molecule has 0 bridgehead atoms. The van der Waals surface area contributed by atoms with E-state index in [1.807, 2.05) is 13.0 Å². The van der Waals surface area contributed by atoms with Crippen molar-refractivity contribution in [3.05, 3.63) is 39.9 Å². The van der Waals surface area contributed by atoms with Crippen molar-refractivity contribution in [2.24, 2.45) is 0 Å². The van der Waals surface area contributed by atoms with E-state index in [1.165, 1.54) is 6.07 Å². The van der Waals surface area contributed by atoms with Gasteiger partial charge in [-0.15, -0.1) is 0 Å². The Morgan fingerprint density at radius 2 is 2.31 bits per heavy atom. The predicted molar refractivity (Wildman–Crippen MR) is 50.6 cm³/mol. The molecule has 0 N–H and O–H groups in total. The Balaban J connectivity index is 2.98. The standard InChI is InChI=1S/C10H12NO2/c1-3-8(2)9-5-4-6-10(7-9)11(12)13/h4-6,8H,3H2,1-2H3. The normalized spacial score (nSPS) is 12.5. The van der Waals surface area contributed by atoms with Crippen LogP contribution in [0.15, 0.2) is 18.2 Å². The van der Waals surface area contributed by atoms with E-state index in [1.54, 1.807) is 6.07 Å². The molecule has 0 spiro atoms. The van der Waals surface area contributed by atoms with Gasteiger partial charge in [-0.1, -0.05) is 26.0 Å². The fourth-order valence-corrected chi connectivity index (χ4v) is 1.09. The second-order valence-electron chi connectivity index (χ2n) is 3.06. The molecule has 0 fully saturated rings. The van der Waals surface area contributed by atoms with E-state index >= 15 is 0 Å². The van der Waals surface area contributed by atoms with Crippen LogP contribution in [0.4, 0.5) is 5.69 Å². The van der Waals surface area contributed by atoms with Gasteiger partial charge in [0.05, 0.1) is 11.0 Å². The lowest BCUT2D eigenvalue weighted by Crippen LogP contribution is -1.94. The molecule has 3 heteroatoms. The van der Waals surface area contributed by atoms with Crippen molar-refractivity contribution in [3.63, 3.8) is 0 Å². The molecule has 0 aliphatic rings. The number of hydrogen-bond acceptors (Lipinski definition) is 2. The van der Waals surface area contributed by atoms with Crippen molar-refractivity contribution in [1.82, 2.24) is 0 Å². The first kappa shape index (κ1) is 9.71. The topological polar surface area (TPSA) is 43.1 Å². The SMILES string of the molecule is CCC(C)c1[c]c([N+](=O)[O-])ccc1. The molecule has 1 unspecified atom stereocenters. The fourth-order valence-electron chi connectivity index (χ4n) is 1.09. The van der Waals surface area contributed by atoms with E-state index < -0.39 is 4.92 Å². The van der Waals surface area contributed by atoms with E-state index in [9.17, 15) is 10.1 Å². The molecule has 1 aromatic rings. The Morgan fingerprint density at radius 3 is 2.85 bits per heavy atom. The van der Waals surface area contributed by atoms with Crippen LogP contribution < -0.4 is 0 Å². The van der Waals surface area contributed by atoms with Crippen LogP contribution in [0, 0.1) is 16.2 Å². The largest absolute Gasteiger partial charge is 0.277 e. The van der Waals surface area contributed by atoms with Gasteiger partial charge in [0.15, 0.2) is 0 Å². The second kappa shape index (κ2) is 4.03. The van der Waals surface area contributed by atoms with Crippen LogP contribution >= 0.6 is 0 Å². The van der Waals surface area contributed by atoms with E-state index in [0.717, 1.165) is 12.0 Å². The molecule has 0 aliphatic heterocycles. The molecule has 0 heterocycles. The number of benzene rings is 1. The minimum absolute atomic E-state index is 0.0535. The third kappa shape index (κ3) is 2.28. The molecule has 0 aromatic heterocycles. The Hall–Kier alpha value is -1.38. The van der Waals surface area contributed by atoms with Crippen LogP contribution in [0.25, 0.3) is 0 Å². The molecule has 0 amide bonds. The second-order valence-corrected chi connectivity index (χ2v) is 3.06. The smallest absolute Gasteiger partial charge is 0.258 e. The van der Waals surface area contributed by atoms with Crippen molar-refractivity contribution in [3.8, 4) is 0 Å². The molecule has 69 valence electrons. The van der Waals surface area contributed by atoms with Gasteiger partial charge in [0.1, 0.15) is 0 Å². The Labute approximate surface area is 77.5 Å². The van der Waals surface area contributed by atoms with Crippen molar-refractivity contribution in [2.75, 3.05) is 0 Å². The minimum atomic E-state index is -0.411. The summed E-state index contributed by atoms with van der Waals surface area (Å²) in [4.78, 5) is 10.0. The quantitative estimate of drug-likeness (QED) is 0.527. The van der Waals surface area contributed by atoms with Crippen LogP contribution in [0.5, 0.6) is 0 Å². The van der Waals surface area contributed by atoms with Gasteiger partial charge in [-0.3, -0.25) is 10.1 Å². The van der Waals surface area contributed by atoms with E-state index in [-0.39, 0.29) is 5.69 Å². The predicted octanol–water partition coefficient (Wildman–Crippen LogP) is 2.91. The summed E-state index contributed by atoms with van der Waals surface area (Å²) >= 11 is 0. The summed E-state index contributed by atoms with van der Waals surface area (Å²) in [6, 6.07) is 7.84. The Morgan fingerprint density at radius 1 is 1.62 bits per heavy atom. The average Bonchev–Trinajstić information content (AvgIpc) is 2.17. The number of nitrogens with zero attached hydrogens (tertiary/aromatic N) is 1. The third-order valence-corrected chi connectivity index (χ3v) is 2.14. The third-order valence-electron chi connectivity index (χ3n) is 2.14. The Kier molecular flexibility index (Phi) is 3.01. The molecule has 0 saturated carbocycles. The van der Waals surface area contributed by atoms with Crippen LogP contribution in [-0.4, -0.2) is 4.92 Å². The van der Waals surface area contributed by atoms with Crippen molar-refractivity contribution in [1.29, 1.82) is 0 Å². The number of nitro groups is 1. The fraction of sp³-hybridized carbons (Fsp3) is 0.400. The highest BCUT2D eigenvalue weighted by atomic mass is 16.6. The highest BCUT2D eigenvalue weighted by molar-refractivity contribution is 5.33. The van der Waals surface area contributed by atoms with Crippen LogP contribution in [0.1, 0.15) is 31.7 Å². The van der Waals surface area contributed by atoms with E-state index in [0.29, 0.717) is 5.92 Å². The monoisotopic (exact) mass is 178 g/mol. The van der Waals surface area contributed by atoms with Crippen molar-refractivity contribution in [2.45, 2.75) is 26.2 Å². The molecule has 1 rings (SSSR count). The minimum Gasteiger partial charge on any atom is -0.258 e. The molecule has 1 aromatic carbocycles. The maximum Gasteiger partial charge on any atom is 0.277 e. The zero-order valence-corrected chi connectivity index (χ0v) is 7.78. The lowest BCUT2D eigenvalue weighted by molar-refractivity contribution is -0.385. The van der Waals surface area contributed by atoms with Gasteiger partial charge in [-0.2, -0.15) is 0 Å². The van der Waals surface area contributed by atoms with Gasteiger partial charge in [0.2, 0.25) is 0 Å². The van der Waals surface area contributed by atoms with E-state index in [2.05, 4.69) is 13.0 Å². The summed E-state index contributed by atoms with van der Waals surface area (Å²) < 4.78 is 0. The van der Waals surface area contributed by atoms with E-state index in [4.69, 9.17) is 0 Å². The van der Waals surface area contributed by atoms with Gasteiger partial charge < -0.3 is 0 Å². The highest BCUT2D eigenvalue weighted by Crippen LogP contribution is 2.21. The lowest BCUT2D eigenvalue weighted by atomic mass is 9.98. The number of rotatable bonds is 3. The maximum absolute atomic E-state index is 10.4. The number of nitro benzene ring substituents is 1. The molecule has 13 heavy (non-hydrogen) atoms. The zero-order valence-electron chi connectivity index (χ0n) is 7.78. The summed E-state index contributed by atoms with van der Waals surface area (Å²) in [5.74, 6) is 0.333. The molecule has 1 atom stereocenters. The first-order chi connectivity index (χ1) is 6.15. The van der Waals surface area contributed by atoms with Gasteiger partial charge in [-0.25, -0.2) is 0 Å². The summed E-state index contributed by atoms with van der Waals surface area (Å²) in [6.07, 6.45) is 0.970. The molecule has 3 nitrogen and oxygen atoms in total. The van der Waals surface area contributed by atoms with Crippen LogP contribution in [0.2, 0.25) is 0 Å². The Bertz CT molecular complexity index is 310. The molecule has 0 saturated heterocycles. The zero-order chi connectivity index (χ0) is 9.84. The highest BCUT2D eigenvalue weighted by Gasteiger charge is 2.09. The first-order valence-electron chi connectivity index (χ1n) is 4.31. The number of non-ortho nitro benzene ring substituents is 1. The van der Waals surface area contributed by atoms with Gasteiger partial charge in [0, 0.05) is 6.07 Å². The summed E-state index contributed by atoms with van der Waals surface area (Å²) in [5.41, 5.74) is 0.967. The summed E-state index contributed by atoms with van der Waals surface area (Å²) in [5, 5.41) is 10.4. The molecule has 1 radical (unpaired) electrons. The lowest BCUT2D eigenvalue weighted by Gasteiger charge is -2.06. The van der Waals surface area contributed by atoms with Crippen molar-refractivity contribution >= 4 is 5.69 Å². The van der Waals surface area contributed by atoms with Crippen molar-refractivity contribution < 1.29 is 4.92 Å². The summed E-state index contributed by atoms with van der Waals surface area (Å²) in [7, 11) is 0. The van der Waals surface area contributed by atoms with Crippen LogP contribution in [-0.2, 0) is 0 Å². The first-order valence-corrected chi connectivity index (χ1v) is 4.31. The van der Waals surface area contributed by atoms with Gasteiger partial charge in [-0.05, 0) is 17.9 Å². The summed E-state index contributed by atoms with van der Waals surface area (Å²) in [6.45, 7) is 4.09.